The second kappa shape index (κ2) is 9.87. The first-order chi connectivity index (χ1) is 11.0. The van der Waals surface area contributed by atoms with Crippen LogP contribution in [0.15, 0.2) is 18.2 Å². The van der Waals surface area contributed by atoms with Gasteiger partial charge in [-0.2, -0.15) is 0 Å². The van der Waals surface area contributed by atoms with E-state index >= 15 is 0 Å². The number of halogens is 2. The van der Waals surface area contributed by atoms with Gasteiger partial charge >= 0.3 is 0 Å². The van der Waals surface area contributed by atoms with Crippen LogP contribution in [0.5, 0.6) is 0 Å². The predicted octanol–water partition coefficient (Wildman–Crippen LogP) is 3.68. The Morgan fingerprint density at radius 2 is 2.12 bits per heavy atom. The zero-order chi connectivity index (χ0) is 16.8. The van der Waals surface area contributed by atoms with E-state index in [0.29, 0.717) is 34.7 Å². The highest BCUT2D eigenvalue weighted by Gasteiger charge is 2.22. The molecule has 3 N–H and O–H groups in total. The van der Waals surface area contributed by atoms with E-state index in [1.165, 1.54) is 19.8 Å². The minimum Gasteiger partial charge on any atom is -0.326 e. The predicted molar refractivity (Wildman–Crippen MR) is 101 cm³/mol. The molecule has 1 saturated heterocycles. The van der Waals surface area contributed by atoms with Crippen LogP contribution >= 0.6 is 24.0 Å². The largest absolute Gasteiger partial charge is 0.326 e. The lowest BCUT2D eigenvalue weighted by Crippen LogP contribution is -2.34. The normalized spacial score (nSPS) is 18.2. The van der Waals surface area contributed by atoms with Crippen molar-refractivity contribution in [2.24, 2.45) is 11.8 Å². The zero-order valence-corrected chi connectivity index (χ0v) is 15.6. The van der Waals surface area contributed by atoms with Gasteiger partial charge in [-0.05, 0) is 56.0 Å². The first-order valence-electron chi connectivity index (χ1n) is 8.03. The van der Waals surface area contributed by atoms with Crippen LogP contribution in [0.3, 0.4) is 0 Å². The zero-order valence-electron chi connectivity index (χ0n) is 14.0. The molecule has 1 fully saturated rings. The number of anilines is 2. The van der Waals surface area contributed by atoms with E-state index in [2.05, 4.69) is 22.9 Å². The molecule has 2 atom stereocenters. The molecular weight excluding hydrogens is 349 g/mol. The van der Waals surface area contributed by atoms with Crippen molar-refractivity contribution in [1.29, 1.82) is 0 Å². The van der Waals surface area contributed by atoms with Crippen molar-refractivity contribution in [3.05, 3.63) is 23.2 Å². The van der Waals surface area contributed by atoms with Crippen molar-refractivity contribution in [1.82, 2.24) is 5.32 Å². The Morgan fingerprint density at radius 3 is 2.75 bits per heavy atom. The van der Waals surface area contributed by atoms with E-state index in [0.717, 1.165) is 13.1 Å². The summed E-state index contributed by atoms with van der Waals surface area (Å²) in [6.45, 7) is 5.60. The number of piperidine rings is 1. The van der Waals surface area contributed by atoms with Gasteiger partial charge in [-0.3, -0.25) is 9.59 Å². The molecule has 0 radical (unpaired) electrons. The first kappa shape index (κ1) is 20.7. The third-order valence-electron chi connectivity index (χ3n) is 4.21. The van der Waals surface area contributed by atoms with Crippen molar-refractivity contribution in [3.8, 4) is 0 Å². The number of rotatable bonds is 5. The molecule has 0 aliphatic carbocycles. The second-order valence-electron chi connectivity index (χ2n) is 6.21. The maximum Gasteiger partial charge on any atom is 0.224 e. The molecule has 24 heavy (non-hydrogen) atoms. The van der Waals surface area contributed by atoms with E-state index in [9.17, 15) is 9.59 Å². The smallest absolute Gasteiger partial charge is 0.224 e. The quantitative estimate of drug-likeness (QED) is 0.736. The molecule has 1 heterocycles. The summed E-state index contributed by atoms with van der Waals surface area (Å²) in [5.74, 6) is 0.642. The van der Waals surface area contributed by atoms with E-state index in [1.807, 2.05) is 0 Å². The van der Waals surface area contributed by atoms with Gasteiger partial charge in [0.2, 0.25) is 11.8 Å². The van der Waals surface area contributed by atoms with Gasteiger partial charge in [0, 0.05) is 19.0 Å². The molecule has 1 aliphatic heterocycles. The maximum atomic E-state index is 12.3. The average molecular weight is 374 g/mol. The fourth-order valence-electron chi connectivity index (χ4n) is 2.93. The lowest BCUT2D eigenvalue weighted by atomic mass is 9.85. The van der Waals surface area contributed by atoms with Crippen molar-refractivity contribution in [2.45, 2.75) is 33.1 Å². The standard InChI is InChI=1S/C17H24ClN3O2.ClH/c1-11(13-4-3-7-19-10-13)8-17(23)21-16-9-14(20-12(2)22)5-6-15(16)18;/h5-6,9,11,13,19H,3-4,7-8,10H2,1-2H3,(H,20,22)(H,21,23);1H. The van der Waals surface area contributed by atoms with E-state index in [-0.39, 0.29) is 24.2 Å². The van der Waals surface area contributed by atoms with Crippen LogP contribution in [-0.2, 0) is 9.59 Å². The molecule has 0 saturated carbocycles. The average Bonchev–Trinajstić information content (AvgIpc) is 2.51. The van der Waals surface area contributed by atoms with Crippen LogP contribution in [-0.4, -0.2) is 24.9 Å². The number of carbonyl (C=O) groups excluding carboxylic acids is 2. The number of amides is 2. The van der Waals surface area contributed by atoms with Gasteiger partial charge in [-0.25, -0.2) is 0 Å². The van der Waals surface area contributed by atoms with Crippen molar-refractivity contribution in [3.63, 3.8) is 0 Å². The van der Waals surface area contributed by atoms with Crippen LogP contribution in [0.2, 0.25) is 5.02 Å². The third-order valence-corrected chi connectivity index (χ3v) is 4.54. The lowest BCUT2D eigenvalue weighted by Gasteiger charge is -2.28. The van der Waals surface area contributed by atoms with E-state index in [4.69, 9.17) is 11.6 Å². The van der Waals surface area contributed by atoms with Crippen molar-refractivity contribution >= 4 is 47.2 Å². The Morgan fingerprint density at radius 1 is 1.38 bits per heavy atom. The molecule has 134 valence electrons. The van der Waals surface area contributed by atoms with Crippen molar-refractivity contribution in [2.75, 3.05) is 23.7 Å². The molecule has 1 aromatic rings. The summed E-state index contributed by atoms with van der Waals surface area (Å²) in [4.78, 5) is 23.4. The Bertz CT molecular complexity index is 575. The Hall–Kier alpha value is -1.30. The molecule has 0 aromatic heterocycles. The summed E-state index contributed by atoms with van der Waals surface area (Å²) in [5, 5.41) is 9.37. The van der Waals surface area contributed by atoms with Crippen LogP contribution in [0.4, 0.5) is 11.4 Å². The van der Waals surface area contributed by atoms with E-state index in [1.54, 1.807) is 18.2 Å². The van der Waals surface area contributed by atoms with Crippen LogP contribution in [0.25, 0.3) is 0 Å². The molecule has 2 unspecified atom stereocenters. The lowest BCUT2D eigenvalue weighted by molar-refractivity contribution is -0.117. The molecular formula is C17H25Cl2N3O2. The third kappa shape index (κ3) is 6.30. The van der Waals surface area contributed by atoms with Gasteiger partial charge in [0.1, 0.15) is 0 Å². The molecule has 2 rings (SSSR count). The number of benzene rings is 1. The van der Waals surface area contributed by atoms with Crippen LogP contribution < -0.4 is 16.0 Å². The Balaban J connectivity index is 0.00000288. The van der Waals surface area contributed by atoms with Crippen LogP contribution in [0, 0.1) is 11.8 Å². The van der Waals surface area contributed by atoms with Gasteiger partial charge in [-0.15, -0.1) is 12.4 Å². The van der Waals surface area contributed by atoms with Gasteiger partial charge < -0.3 is 16.0 Å². The summed E-state index contributed by atoms with van der Waals surface area (Å²) in [5.41, 5.74) is 1.14. The maximum absolute atomic E-state index is 12.3. The molecule has 2 amide bonds. The Kier molecular flexibility index (Phi) is 8.53. The van der Waals surface area contributed by atoms with Gasteiger partial charge in [0.25, 0.3) is 0 Å². The number of carbonyl (C=O) groups is 2. The minimum atomic E-state index is -0.164. The summed E-state index contributed by atoms with van der Waals surface area (Å²) < 4.78 is 0. The van der Waals surface area contributed by atoms with Crippen molar-refractivity contribution < 1.29 is 9.59 Å². The topological polar surface area (TPSA) is 70.2 Å². The molecule has 1 aliphatic rings. The van der Waals surface area contributed by atoms with Gasteiger partial charge in [0.05, 0.1) is 10.7 Å². The molecule has 5 nitrogen and oxygen atoms in total. The summed E-state index contributed by atoms with van der Waals surface area (Å²) in [7, 11) is 0. The fourth-order valence-corrected chi connectivity index (χ4v) is 3.09. The van der Waals surface area contributed by atoms with E-state index < -0.39 is 0 Å². The summed E-state index contributed by atoms with van der Waals surface area (Å²) in [6, 6.07) is 5.04. The monoisotopic (exact) mass is 373 g/mol. The van der Waals surface area contributed by atoms with Crippen LogP contribution in [0.1, 0.15) is 33.1 Å². The summed E-state index contributed by atoms with van der Waals surface area (Å²) in [6.07, 6.45) is 2.80. The highest BCUT2D eigenvalue weighted by molar-refractivity contribution is 6.33. The SMILES string of the molecule is CC(=O)Nc1ccc(Cl)c(NC(=O)CC(C)C2CCCNC2)c1.Cl. The first-order valence-corrected chi connectivity index (χ1v) is 8.41. The second-order valence-corrected chi connectivity index (χ2v) is 6.62. The molecule has 7 heteroatoms. The molecule has 0 bridgehead atoms. The number of nitrogens with one attached hydrogen (secondary N) is 3. The molecule has 0 spiro atoms. The fraction of sp³-hybridized carbons (Fsp3) is 0.529. The highest BCUT2D eigenvalue weighted by atomic mass is 35.5. The van der Waals surface area contributed by atoms with Gasteiger partial charge in [-0.1, -0.05) is 18.5 Å². The Labute approximate surface area is 154 Å². The summed E-state index contributed by atoms with van der Waals surface area (Å²) >= 11 is 6.12. The van der Waals surface area contributed by atoms with Gasteiger partial charge in [0.15, 0.2) is 0 Å². The minimum absolute atomic E-state index is 0. The highest BCUT2D eigenvalue weighted by Crippen LogP contribution is 2.27. The molecule has 1 aromatic carbocycles. The number of hydrogen-bond donors (Lipinski definition) is 3. The number of hydrogen-bond acceptors (Lipinski definition) is 3.